The summed E-state index contributed by atoms with van der Waals surface area (Å²) in [5.41, 5.74) is 2.22. The highest BCUT2D eigenvalue weighted by atomic mass is 32.2. The topological polar surface area (TPSA) is 143 Å². The zero-order valence-corrected chi connectivity index (χ0v) is 24.4. The van der Waals surface area contributed by atoms with Gasteiger partial charge in [0.15, 0.2) is 0 Å². The molecule has 0 fully saturated rings. The van der Waals surface area contributed by atoms with Gasteiger partial charge in [-0.05, 0) is 49.3 Å². The lowest BCUT2D eigenvalue weighted by atomic mass is 9.93. The van der Waals surface area contributed by atoms with Gasteiger partial charge in [-0.2, -0.15) is 10.4 Å². The Hall–Kier alpha value is -4.86. The predicted molar refractivity (Wildman–Crippen MR) is 154 cm³/mol. The summed E-state index contributed by atoms with van der Waals surface area (Å²) in [7, 11) is -0.856. The van der Waals surface area contributed by atoms with Gasteiger partial charge in [-0.25, -0.2) is 17.4 Å². The third kappa shape index (κ3) is 6.07. The number of aromatic nitrogens is 2. The number of carbonyl (C=O) groups excluding carboxylic acids is 3. The van der Waals surface area contributed by atoms with E-state index in [4.69, 9.17) is 9.84 Å². The van der Waals surface area contributed by atoms with Gasteiger partial charge in [-0.15, -0.1) is 0 Å². The molecule has 0 saturated heterocycles. The lowest BCUT2D eigenvalue weighted by Gasteiger charge is -2.27. The number of carbonyl (C=O) groups is 3. The van der Waals surface area contributed by atoms with Crippen LogP contribution < -0.4 is 0 Å². The van der Waals surface area contributed by atoms with Crippen LogP contribution in [0.1, 0.15) is 25.8 Å². The smallest absolute Gasteiger partial charge is 0.302 e. The Morgan fingerprint density at radius 1 is 1.10 bits per heavy atom. The van der Waals surface area contributed by atoms with Gasteiger partial charge in [0.25, 0.3) is 11.8 Å². The summed E-state index contributed by atoms with van der Waals surface area (Å²) < 4.78 is 33.3. The fourth-order valence-electron chi connectivity index (χ4n) is 4.37. The number of rotatable bonds is 9. The van der Waals surface area contributed by atoms with Crippen molar-refractivity contribution in [3.63, 3.8) is 0 Å². The van der Waals surface area contributed by atoms with E-state index in [2.05, 4.69) is 0 Å². The van der Waals surface area contributed by atoms with Gasteiger partial charge in [-0.1, -0.05) is 30.3 Å². The Morgan fingerprint density at radius 2 is 1.81 bits per heavy atom. The van der Waals surface area contributed by atoms with Crippen LogP contribution in [-0.4, -0.2) is 72.4 Å². The van der Waals surface area contributed by atoms with Crippen molar-refractivity contribution in [2.45, 2.75) is 25.2 Å². The molecule has 0 N–H and O–H groups in total. The summed E-state index contributed by atoms with van der Waals surface area (Å²) in [5.74, 6) is -1.81. The molecule has 0 atom stereocenters. The molecule has 1 aromatic heterocycles. The molecular weight excluding hydrogens is 558 g/mol. The highest BCUT2D eigenvalue weighted by Gasteiger charge is 2.35. The molecule has 1 aliphatic rings. The van der Waals surface area contributed by atoms with Crippen LogP contribution in [0.5, 0.6) is 0 Å². The van der Waals surface area contributed by atoms with Gasteiger partial charge in [0.1, 0.15) is 17.3 Å². The normalized spacial score (nSPS) is 15.0. The first-order valence-corrected chi connectivity index (χ1v) is 14.4. The Labute approximate surface area is 244 Å². The van der Waals surface area contributed by atoms with Crippen molar-refractivity contribution in [2.24, 2.45) is 0 Å². The maximum Gasteiger partial charge on any atom is 0.302 e. The molecule has 0 unspecified atom stereocenters. The first-order valence-electron chi connectivity index (χ1n) is 13.0. The van der Waals surface area contributed by atoms with E-state index in [0.29, 0.717) is 16.8 Å². The van der Waals surface area contributed by atoms with Crippen LogP contribution in [-0.2, 0) is 29.1 Å². The van der Waals surface area contributed by atoms with Crippen molar-refractivity contribution in [2.75, 3.05) is 27.2 Å². The number of hydrogen-bond acceptors (Lipinski definition) is 8. The van der Waals surface area contributed by atoms with Crippen molar-refractivity contribution in [1.29, 1.82) is 5.26 Å². The van der Waals surface area contributed by atoms with Crippen LogP contribution >= 0.6 is 0 Å². The third-order valence-corrected chi connectivity index (χ3v) is 8.42. The monoisotopic (exact) mass is 587 g/mol. The zero-order chi connectivity index (χ0) is 30.6. The summed E-state index contributed by atoms with van der Waals surface area (Å²) >= 11 is 0. The van der Waals surface area contributed by atoms with Crippen molar-refractivity contribution in [3.05, 3.63) is 83.1 Å². The van der Waals surface area contributed by atoms with Crippen LogP contribution in [0.3, 0.4) is 0 Å². The van der Waals surface area contributed by atoms with Crippen molar-refractivity contribution >= 4 is 33.9 Å². The molecule has 0 saturated carbocycles. The van der Waals surface area contributed by atoms with Gasteiger partial charge < -0.3 is 4.74 Å². The molecule has 2 heterocycles. The number of ether oxygens (including phenoxy) is 1. The molecule has 2 amide bonds. The molecule has 11 nitrogen and oxygen atoms in total. The lowest BCUT2D eigenvalue weighted by Crippen LogP contribution is -2.43. The van der Waals surface area contributed by atoms with Crippen molar-refractivity contribution in [1.82, 2.24) is 19.0 Å². The summed E-state index contributed by atoms with van der Waals surface area (Å²) in [4.78, 5) is 38.7. The molecule has 0 aliphatic carbocycles. The van der Waals surface area contributed by atoms with Crippen LogP contribution in [0.25, 0.3) is 23.0 Å². The number of para-hydroxylation sites is 1. The van der Waals surface area contributed by atoms with E-state index in [1.165, 1.54) is 40.1 Å². The Bertz CT molecular complexity index is 1760. The summed E-state index contributed by atoms with van der Waals surface area (Å²) in [6.45, 7) is 2.75. The van der Waals surface area contributed by atoms with Gasteiger partial charge >= 0.3 is 5.97 Å². The third-order valence-electron chi connectivity index (χ3n) is 6.61. The SMILES string of the molecule is CC(=O)OCCCN1C(=O)C(C#N)=C(C)/C(=C\c2cn(-c3ccccc3)nc2-c2cccc(S(=O)(=O)N(C)C)c2)C1=O. The highest BCUT2D eigenvalue weighted by Crippen LogP contribution is 2.32. The van der Waals surface area contributed by atoms with E-state index in [9.17, 15) is 28.1 Å². The van der Waals surface area contributed by atoms with E-state index in [0.717, 1.165) is 14.9 Å². The minimum absolute atomic E-state index is 0.0101. The Balaban J connectivity index is 1.86. The molecule has 42 heavy (non-hydrogen) atoms. The first kappa shape index (κ1) is 30.1. The molecule has 0 bridgehead atoms. The highest BCUT2D eigenvalue weighted by molar-refractivity contribution is 7.89. The minimum Gasteiger partial charge on any atom is -0.466 e. The fourth-order valence-corrected chi connectivity index (χ4v) is 5.32. The Morgan fingerprint density at radius 3 is 2.45 bits per heavy atom. The standard InChI is InChI=1S/C30H29N5O6S/c1-20-26(29(37)34(30(38)27(20)18-31)14-9-15-41-21(2)36)17-23-19-35(24-11-6-5-7-12-24)32-28(23)22-10-8-13-25(16-22)42(39,40)33(3)4/h5-8,10-13,16-17,19H,9,14-15H2,1-4H3/b26-17+. The number of esters is 1. The second-order valence-corrected chi connectivity index (χ2v) is 11.8. The maximum atomic E-state index is 13.6. The zero-order valence-electron chi connectivity index (χ0n) is 23.6. The number of nitriles is 1. The van der Waals surface area contributed by atoms with Gasteiger partial charge in [0, 0.05) is 50.5 Å². The fraction of sp³-hybridized carbons (Fsp3) is 0.233. The molecule has 1 aliphatic heterocycles. The van der Waals surface area contributed by atoms with E-state index < -0.39 is 27.8 Å². The second-order valence-electron chi connectivity index (χ2n) is 9.65. The average Bonchev–Trinajstić information content (AvgIpc) is 3.39. The summed E-state index contributed by atoms with van der Waals surface area (Å²) in [6.07, 6.45) is 3.45. The quantitative estimate of drug-likeness (QED) is 0.161. The largest absolute Gasteiger partial charge is 0.466 e. The van der Waals surface area contributed by atoms with Crippen LogP contribution in [0.2, 0.25) is 0 Å². The van der Waals surface area contributed by atoms with Crippen LogP contribution in [0, 0.1) is 11.3 Å². The van der Waals surface area contributed by atoms with Crippen LogP contribution in [0.4, 0.5) is 0 Å². The number of imide groups is 1. The van der Waals surface area contributed by atoms with E-state index >= 15 is 0 Å². The molecular formula is C30H29N5O6S. The molecule has 216 valence electrons. The Kier molecular flexibility index (Phi) is 8.84. The molecule has 4 rings (SSSR count). The summed E-state index contributed by atoms with van der Waals surface area (Å²) in [6, 6.07) is 17.5. The molecule has 12 heteroatoms. The van der Waals surface area contributed by atoms with Gasteiger partial charge in [0.05, 0.1) is 17.2 Å². The van der Waals surface area contributed by atoms with Gasteiger partial charge in [0.2, 0.25) is 10.0 Å². The predicted octanol–water partition coefficient (Wildman–Crippen LogP) is 3.34. The second kappa shape index (κ2) is 12.3. The number of nitrogens with zero attached hydrogens (tertiary/aromatic N) is 5. The molecule has 0 radical (unpaired) electrons. The van der Waals surface area contributed by atoms with E-state index in [1.54, 1.807) is 29.1 Å². The van der Waals surface area contributed by atoms with E-state index in [-0.39, 0.29) is 41.2 Å². The number of sulfonamides is 1. The van der Waals surface area contributed by atoms with E-state index in [1.807, 2.05) is 36.4 Å². The maximum absolute atomic E-state index is 13.6. The van der Waals surface area contributed by atoms with Gasteiger partial charge in [-0.3, -0.25) is 19.3 Å². The number of benzene rings is 2. The van der Waals surface area contributed by atoms with Crippen molar-refractivity contribution in [3.8, 4) is 23.0 Å². The van der Waals surface area contributed by atoms with Crippen LogP contribution in [0.15, 0.2) is 82.4 Å². The average molecular weight is 588 g/mol. The lowest BCUT2D eigenvalue weighted by molar-refractivity contribution is -0.141. The number of hydrogen-bond donors (Lipinski definition) is 0. The van der Waals surface area contributed by atoms with Crippen molar-refractivity contribution < 1.29 is 27.5 Å². The summed E-state index contributed by atoms with van der Waals surface area (Å²) in [5, 5.41) is 14.5. The number of amides is 2. The molecule has 2 aromatic carbocycles. The molecule has 0 spiro atoms. The minimum atomic E-state index is -3.74. The molecule has 3 aromatic rings. The first-order chi connectivity index (χ1) is 19.9.